The van der Waals surface area contributed by atoms with Gasteiger partial charge in [0, 0.05) is 34.2 Å². The van der Waals surface area contributed by atoms with Crippen LogP contribution in [-0.2, 0) is 5.54 Å². The second kappa shape index (κ2) is 11.4. The Labute approximate surface area is 268 Å². The molecule has 2 nitrogen and oxygen atoms in total. The van der Waals surface area contributed by atoms with Gasteiger partial charge in [0.05, 0.1) is 11.2 Å². The van der Waals surface area contributed by atoms with Gasteiger partial charge in [-0.15, -0.1) is 0 Å². The fourth-order valence-electron chi connectivity index (χ4n) is 7.38. The molecule has 2 unspecified atom stereocenters. The molecule has 2 heteroatoms. The van der Waals surface area contributed by atoms with Gasteiger partial charge in [-0.3, -0.25) is 0 Å². The molecule has 0 bridgehead atoms. The number of rotatable bonds is 6. The largest absolute Gasteiger partial charge is 0.331 e. The van der Waals surface area contributed by atoms with Crippen LogP contribution in [-0.4, -0.2) is 0 Å². The SMILES string of the molecule is Cc1cccc(N(C2=C3C=CC=CC3C(C)(N(c3cccc(C)c3)c3cccc(C)c3)c3ccccc32)c2cccc(C)c2)c1. The normalized spacial score (nSPS) is 18.4. The highest BCUT2D eigenvalue weighted by Gasteiger charge is 2.49. The Kier molecular flexibility index (Phi) is 7.30. The van der Waals surface area contributed by atoms with E-state index in [2.05, 4.69) is 190 Å². The van der Waals surface area contributed by atoms with Gasteiger partial charge in [0.15, 0.2) is 0 Å². The highest BCUT2D eigenvalue weighted by atomic mass is 15.2. The summed E-state index contributed by atoms with van der Waals surface area (Å²) in [5.41, 5.74) is 14.4. The summed E-state index contributed by atoms with van der Waals surface area (Å²) in [5, 5.41) is 0. The van der Waals surface area contributed by atoms with Gasteiger partial charge in [-0.2, -0.15) is 0 Å². The number of anilines is 4. The summed E-state index contributed by atoms with van der Waals surface area (Å²) >= 11 is 0. The summed E-state index contributed by atoms with van der Waals surface area (Å²) in [6.07, 6.45) is 9.19. The highest BCUT2D eigenvalue weighted by Crippen LogP contribution is 2.56. The molecule has 2 atom stereocenters. The summed E-state index contributed by atoms with van der Waals surface area (Å²) < 4.78 is 0. The zero-order valence-electron chi connectivity index (χ0n) is 26.8. The Hall–Kier alpha value is -5.08. The van der Waals surface area contributed by atoms with Gasteiger partial charge in [0.2, 0.25) is 0 Å². The molecule has 5 aromatic rings. The minimum atomic E-state index is -0.427. The quantitative estimate of drug-likeness (QED) is 0.196. The van der Waals surface area contributed by atoms with Crippen molar-refractivity contribution in [1.82, 2.24) is 0 Å². The van der Waals surface area contributed by atoms with E-state index >= 15 is 0 Å². The highest BCUT2D eigenvalue weighted by molar-refractivity contribution is 5.94. The molecule has 0 fully saturated rings. The summed E-state index contributed by atoms with van der Waals surface area (Å²) in [6.45, 7) is 11.2. The average Bonchev–Trinajstić information content (AvgIpc) is 3.03. The van der Waals surface area contributed by atoms with Crippen molar-refractivity contribution in [3.05, 3.63) is 185 Å². The van der Waals surface area contributed by atoms with E-state index in [1.54, 1.807) is 0 Å². The van der Waals surface area contributed by atoms with Crippen LogP contribution in [0.1, 0.15) is 40.3 Å². The summed E-state index contributed by atoms with van der Waals surface area (Å²) in [5.74, 6) is 0.0746. The molecule has 0 heterocycles. The second-order valence-electron chi connectivity index (χ2n) is 12.7. The first kappa shape index (κ1) is 28.7. The zero-order valence-corrected chi connectivity index (χ0v) is 26.8. The lowest BCUT2D eigenvalue weighted by atomic mass is 9.65. The molecule has 0 spiro atoms. The maximum absolute atomic E-state index is 2.58. The lowest BCUT2D eigenvalue weighted by Gasteiger charge is -2.53. The van der Waals surface area contributed by atoms with E-state index in [1.165, 1.54) is 56.0 Å². The van der Waals surface area contributed by atoms with Gasteiger partial charge in [-0.05, 0) is 117 Å². The first-order chi connectivity index (χ1) is 21.8. The van der Waals surface area contributed by atoms with Gasteiger partial charge in [-0.1, -0.05) is 97.1 Å². The number of fused-ring (bicyclic) bond motifs is 2. The Morgan fingerprint density at radius 2 is 1.02 bits per heavy atom. The predicted molar refractivity (Wildman–Crippen MR) is 191 cm³/mol. The smallest absolute Gasteiger partial charge is 0.0784 e. The molecule has 0 aliphatic heterocycles. The Morgan fingerprint density at radius 3 is 1.56 bits per heavy atom. The number of hydrogen-bond acceptors (Lipinski definition) is 2. The van der Waals surface area contributed by atoms with Crippen LogP contribution in [0.5, 0.6) is 0 Å². The van der Waals surface area contributed by atoms with Crippen LogP contribution in [0.4, 0.5) is 22.7 Å². The average molecular weight is 585 g/mol. The third-order valence-electron chi connectivity index (χ3n) is 9.36. The third-order valence-corrected chi connectivity index (χ3v) is 9.36. The van der Waals surface area contributed by atoms with E-state index < -0.39 is 5.54 Å². The van der Waals surface area contributed by atoms with E-state index in [0.29, 0.717) is 0 Å². The number of hydrogen-bond donors (Lipinski definition) is 0. The second-order valence-corrected chi connectivity index (χ2v) is 12.7. The number of aryl methyl sites for hydroxylation is 4. The molecule has 0 aromatic heterocycles. The number of benzene rings is 5. The topological polar surface area (TPSA) is 6.48 Å². The van der Waals surface area contributed by atoms with Crippen LogP contribution in [0, 0.1) is 33.6 Å². The molecule has 0 amide bonds. The fourth-order valence-corrected chi connectivity index (χ4v) is 7.38. The van der Waals surface area contributed by atoms with E-state index in [1.807, 2.05) is 0 Å². The van der Waals surface area contributed by atoms with Gasteiger partial charge in [0.25, 0.3) is 0 Å². The van der Waals surface area contributed by atoms with Crippen molar-refractivity contribution in [3.63, 3.8) is 0 Å². The van der Waals surface area contributed by atoms with Crippen molar-refractivity contribution in [3.8, 4) is 0 Å². The molecule has 2 aliphatic rings. The third kappa shape index (κ3) is 5.01. The number of allylic oxidation sites excluding steroid dienone is 3. The van der Waals surface area contributed by atoms with Crippen molar-refractivity contribution >= 4 is 28.4 Å². The molecule has 222 valence electrons. The van der Waals surface area contributed by atoms with E-state index in [-0.39, 0.29) is 5.92 Å². The molecule has 0 saturated heterocycles. The van der Waals surface area contributed by atoms with Crippen molar-refractivity contribution < 1.29 is 0 Å². The molecule has 7 rings (SSSR count). The van der Waals surface area contributed by atoms with Gasteiger partial charge in [-0.25, -0.2) is 0 Å². The molecule has 0 radical (unpaired) electrons. The number of nitrogens with zero attached hydrogens (tertiary/aromatic N) is 2. The van der Waals surface area contributed by atoms with Crippen LogP contribution in [0.25, 0.3) is 5.70 Å². The van der Waals surface area contributed by atoms with Gasteiger partial charge >= 0.3 is 0 Å². The summed E-state index contributed by atoms with van der Waals surface area (Å²) in [4.78, 5) is 5.06. The zero-order chi connectivity index (χ0) is 31.1. The maximum Gasteiger partial charge on any atom is 0.0784 e. The lowest BCUT2D eigenvalue weighted by molar-refractivity contribution is 0.391. The van der Waals surface area contributed by atoms with Gasteiger partial charge < -0.3 is 9.80 Å². The molecule has 2 aliphatic carbocycles. The minimum absolute atomic E-state index is 0.0746. The molecule has 0 N–H and O–H groups in total. The first-order valence-electron chi connectivity index (χ1n) is 15.9. The Balaban J connectivity index is 1.55. The predicted octanol–water partition coefficient (Wildman–Crippen LogP) is 11.3. The van der Waals surface area contributed by atoms with Crippen LogP contribution in [0.3, 0.4) is 0 Å². The molecular formula is C43H40N2. The lowest BCUT2D eigenvalue weighted by Crippen LogP contribution is -2.50. The van der Waals surface area contributed by atoms with Crippen LogP contribution in [0.2, 0.25) is 0 Å². The van der Waals surface area contributed by atoms with E-state index in [0.717, 1.165) is 11.4 Å². The minimum Gasteiger partial charge on any atom is -0.331 e. The van der Waals surface area contributed by atoms with Crippen molar-refractivity contribution in [2.45, 2.75) is 40.2 Å². The van der Waals surface area contributed by atoms with Crippen LogP contribution < -0.4 is 9.80 Å². The molecule has 0 saturated carbocycles. The summed E-state index contributed by atoms with van der Waals surface area (Å²) in [7, 11) is 0. The summed E-state index contributed by atoms with van der Waals surface area (Å²) in [6, 6.07) is 44.7. The first-order valence-corrected chi connectivity index (χ1v) is 15.9. The van der Waals surface area contributed by atoms with Crippen molar-refractivity contribution in [2.24, 2.45) is 5.92 Å². The van der Waals surface area contributed by atoms with Crippen molar-refractivity contribution in [1.29, 1.82) is 0 Å². The molecule has 5 aromatic carbocycles. The maximum atomic E-state index is 2.58. The van der Waals surface area contributed by atoms with Gasteiger partial charge in [0.1, 0.15) is 0 Å². The van der Waals surface area contributed by atoms with Crippen LogP contribution in [0.15, 0.2) is 151 Å². The Bertz CT molecular complexity index is 1900. The standard InChI is InChI=1S/C43H40N2/c1-30-14-10-18-34(26-30)44(35-19-11-15-31(2)27-35)42-38-22-6-8-24-40(38)43(5,41-25-9-7-23-39(41)42)45(36-20-12-16-32(3)28-36)37-21-13-17-33(4)29-37/h6-29,40H,1-5H3. The fraction of sp³-hybridized carbons (Fsp3) is 0.163. The molecular weight excluding hydrogens is 544 g/mol. The Morgan fingerprint density at radius 1 is 0.533 bits per heavy atom. The van der Waals surface area contributed by atoms with Crippen LogP contribution >= 0.6 is 0 Å². The van der Waals surface area contributed by atoms with E-state index in [9.17, 15) is 0 Å². The monoisotopic (exact) mass is 584 g/mol. The van der Waals surface area contributed by atoms with Crippen molar-refractivity contribution in [2.75, 3.05) is 9.80 Å². The van der Waals surface area contributed by atoms with E-state index in [4.69, 9.17) is 0 Å². The molecule has 45 heavy (non-hydrogen) atoms.